The average molecular weight is 377 g/mol. The lowest BCUT2D eigenvalue weighted by Gasteiger charge is -2.12. The van der Waals surface area contributed by atoms with Crippen molar-refractivity contribution in [2.45, 2.75) is 19.8 Å². The number of carbonyl (C=O) groups is 2. The molecule has 0 radical (unpaired) electrons. The second-order valence-corrected chi connectivity index (χ2v) is 6.47. The van der Waals surface area contributed by atoms with E-state index in [0.29, 0.717) is 5.75 Å². The van der Waals surface area contributed by atoms with Crippen molar-refractivity contribution < 1.29 is 19.1 Å². The number of hydrogen-bond acceptors (Lipinski definition) is 4. The first kappa shape index (κ1) is 19.4. The minimum atomic E-state index is -0.466. The second-order valence-electron chi connectivity index (χ2n) is 6.47. The predicted molar refractivity (Wildman–Crippen MR) is 109 cm³/mol. The summed E-state index contributed by atoms with van der Waals surface area (Å²) in [5.41, 5.74) is 11.4. The van der Waals surface area contributed by atoms with Gasteiger partial charge in [-0.25, -0.2) is 4.79 Å². The summed E-state index contributed by atoms with van der Waals surface area (Å²) in [6.07, 6.45) is 2.96. The van der Waals surface area contributed by atoms with Crippen LogP contribution in [0.2, 0.25) is 0 Å². The molecule has 1 amide bonds. The maximum Gasteiger partial charge on any atom is 0.343 e. The molecule has 0 bridgehead atoms. The van der Waals surface area contributed by atoms with E-state index in [4.69, 9.17) is 10.5 Å². The molecule has 1 aliphatic carbocycles. The molecule has 28 heavy (non-hydrogen) atoms. The van der Waals surface area contributed by atoms with Crippen LogP contribution in [-0.4, -0.2) is 25.6 Å². The van der Waals surface area contributed by atoms with Crippen LogP contribution in [0.25, 0.3) is 17.2 Å². The number of benzene rings is 2. The summed E-state index contributed by atoms with van der Waals surface area (Å²) >= 11 is 0. The van der Waals surface area contributed by atoms with Crippen molar-refractivity contribution in [3.8, 4) is 5.75 Å². The second kappa shape index (κ2) is 8.57. The molecule has 0 unspecified atom stereocenters. The van der Waals surface area contributed by atoms with Gasteiger partial charge in [0.2, 0.25) is 5.91 Å². The quantitative estimate of drug-likeness (QED) is 0.744. The Morgan fingerprint density at radius 1 is 1.04 bits per heavy atom. The highest BCUT2D eigenvalue weighted by Gasteiger charge is 2.29. The fourth-order valence-corrected chi connectivity index (χ4v) is 3.51. The highest BCUT2D eigenvalue weighted by atomic mass is 16.6. The Morgan fingerprint density at radius 2 is 1.79 bits per heavy atom. The number of rotatable bonds is 7. The van der Waals surface area contributed by atoms with Gasteiger partial charge in [0.15, 0.2) is 6.61 Å². The fraction of sp³-hybridized carbons (Fsp3) is 0.217. The van der Waals surface area contributed by atoms with Gasteiger partial charge in [-0.3, -0.25) is 4.79 Å². The van der Waals surface area contributed by atoms with E-state index in [1.54, 1.807) is 6.07 Å². The van der Waals surface area contributed by atoms with Crippen LogP contribution in [-0.2, 0) is 14.3 Å². The molecule has 0 aromatic heterocycles. The molecular formula is C23H23NO4. The van der Waals surface area contributed by atoms with Crippen LogP contribution in [0.3, 0.4) is 0 Å². The smallest absolute Gasteiger partial charge is 0.343 e. The molecular weight excluding hydrogens is 354 g/mol. The zero-order valence-corrected chi connectivity index (χ0v) is 16.0. The number of primary amides is 1. The van der Waals surface area contributed by atoms with E-state index in [-0.39, 0.29) is 13.0 Å². The van der Waals surface area contributed by atoms with Crippen LogP contribution in [0, 0.1) is 0 Å². The number of hydrogen-bond donors (Lipinski definition) is 1. The molecule has 3 rings (SSSR count). The van der Waals surface area contributed by atoms with Gasteiger partial charge in [0.05, 0.1) is 13.5 Å². The van der Waals surface area contributed by atoms with Crippen molar-refractivity contribution in [3.63, 3.8) is 0 Å². The van der Waals surface area contributed by atoms with E-state index in [0.717, 1.165) is 39.8 Å². The molecule has 0 atom stereocenters. The van der Waals surface area contributed by atoms with Crippen molar-refractivity contribution >= 4 is 29.1 Å². The van der Waals surface area contributed by atoms with Gasteiger partial charge in [-0.2, -0.15) is 0 Å². The molecule has 0 aliphatic heterocycles. The van der Waals surface area contributed by atoms with E-state index in [1.165, 1.54) is 7.11 Å². The monoisotopic (exact) mass is 377 g/mol. The summed E-state index contributed by atoms with van der Waals surface area (Å²) in [4.78, 5) is 23.3. The first-order valence-electron chi connectivity index (χ1n) is 9.16. The molecule has 2 aromatic rings. The van der Waals surface area contributed by atoms with Gasteiger partial charge in [0.1, 0.15) is 5.75 Å². The number of methoxy groups -OCH3 is 1. The number of allylic oxidation sites excluding steroid dienone is 2. The van der Waals surface area contributed by atoms with E-state index >= 15 is 0 Å². The minimum absolute atomic E-state index is 0.112. The molecule has 0 fully saturated rings. The molecule has 0 saturated carbocycles. The minimum Gasteiger partial charge on any atom is -0.481 e. The summed E-state index contributed by atoms with van der Waals surface area (Å²) in [5, 5.41) is 0. The van der Waals surface area contributed by atoms with Crippen LogP contribution in [0.1, 0.15) is 36.5 Å². The maximum absolute atomic E-state index is 11.8. The summed E-state index contributed by atoms with van der Waals surface area (Å²) < 4.78 is 10.4. The van der Waals surface area contributed by atoms with Gasteiger partial charge in [0.25, 0.3) is 0 Å². The maximum atomic E-state index is 11.8. The third kappa shape index (κ3) is 3.98. The third-order valence-corrected chi connectivity index (χ3v) is 4.70. The zero-order valence-electron chi connectivity index (χ0n) is 16.0. The summed E-state index contributed by atoms with van der Waals surface area (Å²) in [6.45, 7) is 1.85. The van der Waals surface area contributed by atoms with Crippen LogP contribution >= 0.6 is 0 Å². The van der Waals surface area contributed by atoms with Gasteiger partial charge in [-0.05, 0) is 46.4 Å². The molecule has 5 nitrogen and oxygen atoms in total. The first-order valence-corrected chi connectivity index (χ1v) is 9.16. The Kier molecular flexibility index (Phi) is 5.94. The standard InChI is InChI=1S/C23H23NO4/c1-3-16-18(12-15-8-5-4-6-9-15)17-10-7-11-20(28-14-22(26)27-2)23(17)19(16)13-21(24)25/h4-12H,3,13-14H2,1-2H3,(H2,24,25)/b18-12-. The largest absolute Gasteiger partial charge is 0.481 e. The van der Waals surface area contributed by atoms with Crippen molar-refractivity contribution in [3.05, 3.63) is 70.8 Å². The van der Waals surface area contributed by atoms with Gasteiger partial charge >= 0.3 is 5.97 Å². The Bertz CT molecular complexity index is 958. The SMILES string of the molecule is CCC1=C(CC(N)=O)c2c(OCC(=O)OC)cccc2/C1=C\c1ccccc1. The average Bonchev–Trinajstić information content (AvgIpc) is 2.99. The van der Waals surface area contributed by atoms with Crippen molar-refractivity contribution in [1.29, 1.82) is 0 Å². The first-order chi connectivity index (χ1) is 13.5. The zero-order chi connectivity index (χ0) is 20.1. The lowest BCUT2D eigenvalue weighted by Crippen LogP contribution is -2.14. The highest BCUT2D eigenvalue weighted by molar-refractivity contribution is 6.09. The Morgan fingerprint density at radius 3 is 2.43 bits per heavy atom. The molecule has 2 N–H and O–H groups in total. The molecule has 1 aliphatic rings. The van der Waals surface area contributed by atoms with Gasteiger partial charge in [-0.15, -0.1) is 0 Å². The number of amides is 1. The van der Waals surface area contributed by atoms with Crippen LogP contribution in [0.5, 0.6) is 5.75 Å². The Balaban J connectivity index is 2.15. The fourth-order valence-electron chi connectivity index (χ4n) is 3.51. The van der Waals surface area contributed by atoms with Gasteiger partial charge in [0, 0.05) is 5.56 Å². The topological polar surface area (TPSA) is 78.6 Å². The third-order valence-electron chi connectivity index (χ3n) is 4.70. The van der Waals surface area contributed by atoms with Crippen molar-refractivity contribution in [2.75, 3.05) is 13.7 Å². The molecule has 0 saturated heterocycles. The van der Waals surface area contributed by atoms with Gasteiger partial charge in [-0.1, -0.05) is 49.4 Å². The molecule has 2 aromatic carbocycles. The van der Waals surface area contributed by atoms with E-state index in [1.807, 2.05) is 42.5 Å². The number of carbonyl (C=O) groups excluding carboxylic acids is 2. The lowest BCUT2D eigenvalue weighted by atomic mass is 9.98. The number of fused-ring (bicyclic) bond motifs is 1. The van der Waals surface area contributed by atoms with E-state index in [2.05, 4.69) is 17.7 Å². The Hall–Kier alpha value is -3.34. The molecule has 144 valence electrons. The predicted octanol–water partition coefficient (Wildman–Crippen LogP) is 3.83. The lowest BCUT2D eigenvalue weighted by molar-refractivity contribution is -0.142. The molecule has 5 heteroatoms. The summed E-state index contributed by atoms with van der Waals surface area (Å²) in [6, 6.07) is 15.7. The number of nitrogens with two attached hydrogens (primary N) is 1. The summed E-state index contributed by atoms with van der Waals surface area (Å²) in [5.74, 6) is -0.330. The van der Waals surface area contributed by atoms with Crippen molar-refractivity contribution in [2.24, 2.45) is 5.73 Å². The molecule has 0 spiro atoms. The normalized spacial score (nSPS) is 14.1. The van der Waals surface area contributed by atoms with Crippen LogP contribution in [0.4, 0.5) is 0 Å². The van der Waals surface area contributed by atoms with Crippen LogP contribution < -0.4 is 10.5 Å². The number of ether oxygens (including phenoxy) is 2. The van der Waals surface area contributed by atoms with Crippen molar-refractivity contribution in [1.82, 2.24) is 0 Å². The number of esters is 1. The summed E-state index contributed by atoms with van der Waals surface area (Å²) in [7, 11) is 1.31. The van der Waals surface area contributed by atoms with E-state index < -0.39 is 11.9 Å². The van der Waals surface area contributed by atoms with Gasteiger partial charge < -0.3 is 15.2 Å². The molecule has 0 heterocycles. The Labute approximate surface area is 164 Å². The van der Waals surface area contributed by atoms with Crippen LogP contribution in [0.15, 0.2) is 54.1 Å². The highest BCUT2D eigenvalue weighted by Crippen LogP contribution is 2.48. The van der Waals surface area contributed by atoms with E-state index in [9.17, 15) is 9.59 Å².